The number of hydrogen-bond acceptors (Lipinski definition) is 7. The lowest BCUT2D eigenvalue weighted by molar-refractivity contribution is -0.120. The second-order valence-electron chi connectivity index (χ2n) is 9.83. The third kappa shape index (κ3) is 4.54. The van der Waals surface area contributed by atoms with Crippen molar-refractivity contribution in [3.05, 3.63) is 53.1 Å². The summed E-state index contributed by atoms with van der Waals surface area (Å²) < 4.78 is 35.9. The topological polar surface area (TPSA) is 103 Å². The largest absolute Gasteiger partial charge is 0.475 e. The van der Waals surface area contributed by atoms with Gasteiger partial charge >= 0.3 is 0 Å². The van der Waals surface area contributed by atoms with Crippen LogP contribution in [-0.2, 0) is 16.9 Å². The predicted molar refractivity (Wildman–Crippen MR) is 143 cm³/mol. The molecule has 0 spiro atoms. The van der Waals surface area contributed by atoms with Crippen molar-refractivity contribution in [3.8, 4) is 11.9 Å². The number of carbonyl (C=O) groups is 1. The molecular formula is C27H27F2N5O3S. The lowest BCUT2D eigenvalue weighted by Crippen LogP contribution is -2.44. The van der Waals surface area contributed by atoms with Crippen molar-refractivity contribution in [1.82, 2.24) is 9.97 Å². The normalized spacial score (nSPS) is 15.3. The molecule has 2 aromatic carbocycles. The van der Waals surface area contributed by atoms with Gasteiger partial charge in [0.2, 0.25) is 5.88 Å². The third-order valence-electron chi connectivity index (χ3n) is 6.34. The molecule has 1 saturated heterocycles. The molecule has 3 aromatic rings. The summed E-state index contributed by atoms with van der Waals surface area (Å²) in [6.07, 6.45) is 0.446. The fourth-order valence-electron chi connectivity index (χ4n) is 4.45. The number of benzene rings is 2. The zero-order chi connectivity index (χ0) is 28.0. The quantitative estimate of drug-likeness (QED) is 0.431. The molecule has 1 N–H and O–H groups in total. The number of hydrogen-bond donors (Lipinski definition) is 1. The zero-order valence-electron chi connectivity index (χ0n) is 21.7. The number of amides is 1. The number of ether oxygens (including phenoxy) is 1. The van der Waals surface area contributed by atoms with Gasteiger partial charge in [0.25, 0.3) is 5.91 Å². The summed E-state index contributed by atoms with van der Waals surface area (Å²) in [5, 5.41) is 19.0. The van der Waals surface area contributed by atoms with Gasteiger partial charge in [-0.2, -0.15) is 10.2 Å². The highest BCUT2D eigenvalue weighted by Gasteiger charge is 2.50. The zero-order valence-corrected chi connectivity index (χ0v) is 22.5. The Morgan fingerprint density at radius 2 is 1.92 bits per heavy atom. The van der Waals surface area contributed by atoms with Crippen molar-refractivity contribution < 1.29 is 23.4 Å². The van der Waals surface area contributed by atoms with Crippen LogP contribution in [0, 0.1) is 17.1 Å². The van der Waals surface area contributed by atoms with E-state index in [2.05, 4.69) is 9.97 Å². The highest BCUT2D eigenvalue weighted by Crippen LogP contribution is 2.40. The molecule has 0 saturated carbocycles. The number of nitriles is 1. The minimum atomic E-state index is -1.84. The van der Waals surface area contributed by atoms with Crippen molar-refractivity contribution in [1.29, 1.82) is 5.26 Å². The number of thiocarbonyl (C=S) groups is 1. The fourth-order valence-corrected chi connectivity index (χ4v) is 4.97. The number of alkyl halides is 1. The standard InChI is InChI=1S/C27H27F2N5O3S/c1-6-21-31-22-18(23(32-21)37-10-9-35)11-17(13-20(22)28)34-25(38)33(24(36)27(34,4)5)16-8-7-15(14-30)19(12-16)26(2,3)29/h7-8,11-13,35H,6,9-10H2,1-5H3. The molecule has 11 heteroatoms. The molecule has 0 aliphatic carbocycles. The summed E-state index contributed by atoms with van der Waals surface area (Å²) in [7, 11) is 0. The van der Waals surface area contributed by atoms with Gasteiger partial charge in [-0.05, 0) is 70.2 Å². The average molecular weight is 540 g/mol. The molecule has 1 aromatic heterocycles. The second kappa shape index (κ2) is 9.85. The highest BCUT2D eigenvalue weighted by atomic mass is 32.1. The van der Waals surface area contributed by atoms with E-state index in [0.29, 0.717) is 17.9 Å². The number of aromatic nitrogens is 2. The molecule has 0 radical (unpaired) electrons. The molecule has 8 nitrogen and oxygen atoms in total. The Hall–Kier alpha value is -3.75. The summed E-state index contributed by atoms with van der Waals surface area (Å²) in [6.45, 7) is 7.46. The molecule has 38 heavy (non-hydrogen) atoms. The van der Waals surface area contributed by atoms with Gasteiger partial charge < -0.3 is 14.7 Å². The predicted octanol–water partition coefficient (Wildman–Crippen LogP) is 4.70. The Bertz CT molecular complexity index is 1500. The number of rotatable bonds is 7. The van der Waals surface area contributed by atoms with Gasteiger partial charge in [0.1, 0.15) is 29.2 Å². The Morgan fingerprint density at radius 1 is 1.21 bits per heavy atom. The lowest BCUT2D eigenvalue weighted by atomic mass is 9.94. The van der Waals surface area contributed by atoms with E-state index < -0.39 is 22.9 Å². The van der Waals surface area contributed by atoms with Crippen molar-refractivity contribution >= 4 is 45.5 Å². The van der Waals surface area contributed by atoms with Gasteiger partial charge in [-0.25, -0.2) is 13.8 Å². The fraction of sp³-hybridized carbons (Fsp3) is 0.370. The van der Waals surface area contributed by atoms with Gasteiger partial charge in [0.15, 0.2) is 10.9 Å². The van der Waals surface area contributed by atoms with Crippen LogP contribution >= 0.6 is 12.2 Å². The molecule has 1 amide bonds. The van der Waals surface area contributed by atoms with Gasteiger partial charge in [-0.3, -0.25) is 9.69 Å². The first-order valence-corrected chi connectivity index (χ1v) is 12.4. The van der Waals surface area contributed by atoms with Crippen molar-refractivity contribution in [3.63, 3.8) is 0 Å². The number of aryl methyl sites for hydroxylation is 1. The van der Waals surface area contributed by atoms with E-state index in [9.17, 15) is 19.6 Å². The van der Waals surface area contributed by atoms with Crippen LogP contribution in [0.5, 0.6) is 5.88 Å². The molecule has 0 unspecified atom stereocenters. The van der Waals surface area contributed by atoms with Crippen LogP contribution in [-0.4, -0.2) is 44.8 Å². The molecule has 1 aliphatic heterocycles. The maximum Gasteiger partial charge on any atom is 0.259 e. The van der Waals surface area contributed by atoms with Gasteiger partial charge in [-0.15, -0.1) is 0 Å². The van der Waals surface area contributed by atoms with Gasteiger partial charge in [0.05, 0.1) is 29.3 Å². The smallest absolute Gasteiger partial charge is 0.259 e. The number of carbonyl (C=O) groups excluding carboxylic acids is 1. The van der Waals surface area contributed by atoms with E-state index in [0.717, 1.165) is 0 Å². The SMILES string of the molecule is CCc1nc(OCCO)c2cc(N3C(=S)N(c4ccc(C#N)c(C(C)(C)F)c4)C(=O)C3(C)C)cc(F)c2n1. The number of aliphatic hydroxyl groups excluding tert-OH is 1. The first-order chi connectivity index (χ1) is 17.8. The maximum atomic E-state index is 15.4. The van der Waals surface area contributed by atoms with Crippen molar-refractivity contribution in [2.75, 3.05) is 23.0 Å². The van der Waals surface area contributed by atoms with E-state index in [1.54, 1.807) is 19.9 Å². The van der Waals surface area contributed by atoms with E-state index in [-0.39, 0.29) is 51.9 Å². The molecule has 0 atom stereocenters. The van der Waals surface area contributed by atoms with E-state index in [4.69, 9.17) is 17.0 Å². The molecule has 4 rings (SSSR count). The summed E-state index contributed by atoms with van der Waals surface area (Å²) in [6, 6.07) is 9.21. The molecule has 198 valence electrons. The maximum absolute atomic E-state index is 15.4. The van der Waals surface area contributed by atoms with Crippen LogP contribution in [0.2, 0.25) is 0 Å². The first kappa shape index (κ1) is 27.3. The van der Waals surface area contributed by atoms with Crippen LogP contribution in [0.3, 0.4) is 0 Å². The van der Waals surface area contributed by atoms with Crippen LogP contribution in [0.25, 0.3) is 10.9 Å². The number of anilines is 2. The molecule has 1 aliphatic rings. The monoisotopic (exact) mass is 539 g/mol. The molecule has 2 heterocycles. The Kier molecular flexibility index (Phi) is 7.07. The minimum Gasteiger partial charge on any atom is -0.475 e. The van der Waals surface area contributed by atoms with Crippen LogP contribution in [0.1, 0.15) is 51.6 Å². The van der Waals surface area contributed by atoms with Gasteiger partial charge in [0, 0.05) is 17.7 Å². The van der Waals surface area contributed by atoms with Crippen LogP contribution in [0.15, 0.2) is 30.3 Å². The van der Waals surface area contributed by atoms with Crippen molar-refractivity contribution in [2.24, 2.45) is 0 Å². The van der Waals surface area contributed by atoms with E-state index >= 15 is 4.39 Å². The summed E-state index contributed by atoms with van der Waals surface area (Å²) in [4.78, 5) is 25.0. The van der Waals surface area contributed by atoms with Crippen LogP contribution in [0.4, 0.5) is 20.2 Å². The number of nitrogens with zero attached hydrogens (tertiary/aromatic N) is 5. The Labute approximate surface area is 224 Å². The first-order valence-electron chi connectivity index (χ1n) is 12.0. The van der Waals surface area contributed by atoms with Crippen LogP contribution < -0.4 is 14.5 Å². The second-order valence-corrected chi connectivity index (χ2v) is 10.2. The summed E-state index contributed by atoms with van der Waals surface area (Å²) in [5.74, 6) is -0.588. The minimum absolute atomic E-state index is 0.0431. The lowest BCUT2D eigenvalue weighted by Gasteiger charge is -2.29. The average Bonchev–Trinajstić information content (AvgIpc) is 3.04. The molecule has 0 bridgehead atoms. The van der Waals surface area contributed by atoms with Crippen molar-refractivity contribution in [2.45, 2.75) is 52.2 Å². The number of fused-ring (bicyclic) bond motifs is 1. The third-order valence-corrected chi connectivity index (χ3v) is 6.71. The van der Waals surface area contributed by atoms with E-state index in [1.165, 1.54) is 47.9 Å². The summed E-state index contributed by atoms with van der Waals surface area (Å²) >= 11 is 5.71. The molecular weight excluding hydrogens is 512 g/mol. The Balaban J connectivity index is 1.86. The van der Waals surface area contributed by atoms with Gasteiger partial charge in [-0.1, -0.05) is 6.92 Å². The Morgan fingerprint density at radius 3 is 2.53 bits per heavy atom. The summed E-state index contributed by atoms with van der Waals surface area (Å²) in [5.41, 5.74) is -2.22. The molecule has 1 fully saturated rings. The highest BCUT2D eigenvalue weighted by molar-refractivity contribution is 7.81. The number of halogens is 2. The number of aliphatic hydroxyl groups is 1. The van der Waals surface area contributed by atoms with E-state index in [1.807, 2.05) is 13.0 Å².